The molecule has 0 aromatic carbocycles. The van der Waals surface area contributed by atoms with Gasteiger partial charge in [-0.3, -0.25) is 4.79 Å². The lowest BCUT2D eigenvalue weighted by Crippen LogP contribution is -2.37. The van der Waals surface area contributed by atoms with Crippen molar-refractivity contribution in [2.45, 2.75) is 43.1 Å². The van der Waals surface area contributed by atoms with Gasteiger partial charge in [-0.25, -0.2) is 16.8 Å². The van der Waals surface area contributed by atoms with E-state index in [1.807, 2.05) is 0 Å². The average molecular weight is 296 g/mol. The second kappa shape index (κ2) is 5.28. The van der Waals surface area contributed by atoms with Crippen molar-refractivity contribution in [3.63, 3.8) is 0 Å². The predicted molar refractivity (Wildman–Crippen MR) is 69.9 cm³/mol. The lowest BCUT2D eigenvalue weighted by Gasteiger charge is -2.28. The van der Waals surface area contributed by atoms with E-state index in [0.29, 0.717) is 19.3 Å². The summed E-state index contributed by atoms with van der Waals surface area (Å²) in [5, 5.41) is -1.55. The van der Waals surface area contributed by atoms with Crippen LogP contribution >= 0.6 is 0 Å². The molecule has 0 aliphatic heterocycles. The first kappa shape index (κ1) is 15.6. The zero-order valence-electron chi connectivity index (χ0n) is 10.9. The van der Waals surface area contributed by atoms with Crippen LogP contribution in [0.1, 0.15) is 32.6 Å². The summed E-state index contributed by atoms with van der Waals surface area (Å²) in [5.41, 5.74) is 0. The Morgan fingerprint density at radius 3 is 2.11 bits per heavy atom. The quantitative estimate of drug-likeness (QED) is 0.758. The van der Waals surface area contributed by atoms with E-state index in [9.17, 15) is 21.6 Å². The van der Waals surface area contributed by atoms with E-state index in [2.05, 4.69) is 0 Å². The maximum atomic E-state index is 12.0. The van der Waals surface area contributed by atoms with Gasteiger partial charge in [-0.2, -0.15) is 0 Å². The Bertz CT molecular complexity index is 518. The van der Waals surface area contributed by atoms with Crippen molar-refractivity contribution in [1.29, 1.82) is 0 Å². The van der Waals surface area contributed by atoms with Crippen LogP contribution in [0.5, 0.6) is 0 Å². The third-order valence-electron chi connectivity index (χ3n) is 3.68. The molecule has 0 aromatic rings. The van der Waals surface area contributed by atoms with Crippen LogP contribution in [-0.2, 0) is 24.5 Å². The van der Waals surface area contributed by atoms with Crippen LogP contribution in [0.15, 0.2) is 0 Å². The highest BCUT2D eigenvalue weighted by Crippen LogP contribution is 2.30. The molecule has 5 nitrogen and oxygen atoms in total. The van der Waals surface area contributed by atoms with Crippen molar-refractivity contribution in [2.75, 3.05) is 12.5 Å². The minimum Gasteiger partial charge on any atom is -0.298 e. The van der Waals surface area contributed by atoms with Gasteiger partial charge in [-0.15, -0.1) is 0 Å². The Balaban J connectivity index is 2.83. The zero-order chi connectivity index (χ0) is 14.1. The molecule has 0 amide bonds. The van der Waals surface area contributed by atoms with E-state index < -0.39 is 36.1 Å². The Hall–Kier alpha value is -0.430. The number of rotatable bonds is 4. The van der Waals surface area contributed by atoms with Crippen LogP contribution < -0.4 is 0 Å². The largest absolute Gasteiger partial charge is 0.298 e. The van der Waals surface area contributed by atoms with Gasteiger partial charge >= 0.3 is 0 Å². The molecule has 1 fully saturated rings. The van der Waals surface area contributed by atoms with E-state index in [1.165, 1.54) is 13.2 Å². The van der Waals surface area contributed by atoms with Crippen LogP contribution in [0, 0.1) is 5.92 Å². The van der Waals surface area contributed by atoms with Gasteiger partial charge in [-0.05, 0) is 26.2 Å². The molecule has 1 aliphatic rings. The summed E-state index contributed by atoms with van der Waals surface area (Å²) in [6.45, 7) is 1.38. The summed E-state index contributed by atoms with van der Waals surface area (Å²) in [4.78, 5) is 12.0. The molecule has 0 bridgehead atoms. The minimum absolute atomic E-state index is 0.261. The second-order valence-electron chi connectivity index (χ2n) is 5.19. The van der Waals surface area contributed by atoms with Crippen molar-refractivity contribution < 1.29 is 21.6 Å². The van der Waals surface area contributed by atoms with Crippen molar-refractivity contribution in [3.05, 3.63) is 0 Å². The number of ketones is 1. The number of hydrogen-bond donors (Lipinski definition) is 0. The smallest absolute Gasteiger partial charge is 0.157 e. The lowest BCUT2D eigenvalue weighted by molar-refractivity contribution is -0.123. The Labute approximate surface area is 109 Å². The highest BCUT2D eigenvalue weighted by Gasteiger charge is 2.36. The molecule has 1 saturated carbocycles. The zero-order valence-corrected chi connectivity index (χ0v) is 12.6. The Kier molecular flexibility index (Phi) is 4.59. The molecule has 7 heteroatoms. The molecule has 0 spiro atoms. The van der Waals surface area contributed by atoms with Gasteiger partial charge in [-0.1, -0.05) is 6.42 Å². The summed E-state index contributed by atoms with van der Waals surface area (Å²) < 4.78 is 45.7. The maximum Gasteiger partial charge on any atom is 0.157 e. The fourth-order valence-electron chi connectivity index (χ4n) is 2.34. The van der Waals surface area contributed by atoms with E-state index in [-0.39, 0.29) is 12.2 Å². The van der Waals surface area contributed by atoms with Crippen molar-refractivity contribution in [3.8, 4) is 0 Å². The fraction of sp³-hybridized carbons (Fsp3) is 0.909. The SMILES string of the molecule is CC(C(=O)C1CCCC(S(C)(=O)=O)C1)S(C)(=O)=O. The molecule has 0 heterocycles. The topological polar surface area (TPSA) is 85.3 Å². The van der Waals surface area contributed by atoms with Gasteiger partial charge in [0.1, 0.15) is 15.1 Å². The molecule has 18 heavy (non-hydrogen) atoms. The van der Waals surface area contributed by atoms with E-state index in [4.69, 9.17) is 0 Å². The molecule has 0 aromatic heterocycles. The van der Waals surface area contributed by atoms with Crippen LogP contribution in [0.2, 0.25) is 0 Å². The lowest BCUT2D eigenvalue weighted by atomic mass is 9.85. The molecule has 3 unspecified atom stereocenters. The normalized spacial score (nSPS) is 27.7. The van der Waals surface area contributed by atoms with Crippen LogP contribution in [0.25, 0.3) is 0 Å². The third kappa shape index (κ3) is 3.78. The molecular weight excluding hydrogens is 276 g/mol. The van der Waals surface area contributed by atoms with Gasteiger partial charge in [0.15, 0.2) is 15.6 Å². The first-order chi connectivity index (χ1) is 8.03. The monoisotopic (exact) mass is 296 g/mol. The van der Waals surface area contributed by atoms with E-state index >= 15 is 0 Å². The second-order valence-corrected chi connectivity index (χ2v) is 9.88. The molecule has 106 valence electrons. The Morgan fingerprint density at radius 2 is 1.67 bits per heavy atom. The summed E-state index contributed by atoms with van der Waals surface area (Å²) in [6, 6.07) is 0. The van der Waals surface area contributed by atoms with Crippen molar-refractivity contribution >= 4 is 25.5 Å². The molecule has 1 rings (SSSR count). The first-order valence-electron chi connectivity index (χ1n) is 5.95. The standard InChI is InChI=1S/C11H20O5S2/c1-8(17(2,13)14)11(12)9-5-4-6-10(7-9)18(3,15)16/h8-10H,4-7H2,1-3H3. The van der Waals surface area contributed by atoms with E-state index in [1.54, 1.807) is 0 Å². The number of Topliss-reactive ketones (excluding diaryl/α,β-unsaturated/α-hetero) is 1. The van der Waals surface area contributed by atoms with Gasteiger partial charge in [0, 0.05) is 18.4 Å². The Morgan fingerprint density at radius 1 is 1.11 bits per heavy atom. The number of carbonyl (C=O) groups excluding carboxylic acids is 1. The third-order valence-corrected chi connectivity index (χ3v) is 6.83. The van der Waals surface area contributed by atoms with Gasteiger partial charge in [0.25, 0.3) is 0 Å². The fourth-order valence-corrected chi connectivity index (χ4v) is 4.13. The van der Waals surface area contributed by atoms with Gasteiger partial charge < -0.3 is 0 Å². The summed E-state index contributed by atoms with van der Waals surface area (Å²) in [7, 11) is -6.56. The molecule has 0 saturated heterocycles. The molecule has 0 radical (unpaired) electrons. The summed E-state index contributed by atoms with van der Waals surface area (Å²) >= 11 is 0. The summed E-state index contributed by atoms with van der Waals surface area (Å²) in [6.07, 6.45) is 4.28. The van der Waals surface area contributed by atoms with Crippen molar-refractivity contribution in [2.24, 2.45) is 5.92 Å². The molecular formula is C11H20O5S2. The van der Waals surface area contributed by atoms with Crippen LogP contribution in [0.3, 0.4) is 0 Å². The highest BCUT2D eigenvalue weighted by molar-refractivity contribution is 7.92. The molecule has 0 N–H and O–H groups in total. The van der Waals surface area contributed by atoms with Crippen LogP contribution in [0.4, 0.5) is 0 Å². The minimum atomic E-state index is -3.40. The first-order valence-corrected chi connectivity index (χ1v) is 9.86. The van der Waals surface area contributed by atoms with Crippen LogP contribution in [-0.4, -0.2) is 45.6 Å². The molecule has 1 aliphatic carbocycles. The molecule has 3 atom stereocenters. The average Bonchev–Trinajstić information content (AvgIpc) is 2.25. The predicted octanol–water partition coefficient (Wildman–Crippen LogP) is 0.592. The number of hydrogen-bond acceptors (Lipinski definition) is 5. The van der Waals surface area contributed by atoms with Crippen molar-refractivity contribution in [1.82, 2.24) is 0 Å². The number of carbonyl (C=O) groups is 1. The highest BCUT2D eigenvalue weighted by atomic mass is 32.2. The number of sulfone groups is 2. The summed E-state index contributed by atoms with van der Waals surface area (Å²) in [5.74, 6) is -0.783. The van der Waals surface area contributed by atoms with E-state index in [0.717, 1.165) is 6.26 Å². The van der Waals surface area contributed by atoms with Gasteiger partial charge in [0.2, 0.25) is 0 Å². The van der Waals surface area contributed by atoms with Gasteiger partial charge in [0.05, 0.1) is 5.25 Å². The maximum absolute atomic E-state index is 12.0.